The predicted molar refractivity (Wildman–Crippen MR) is 201 cm³/mol. The minimum atomic E-state index is 1.08. The molecule has 7 aromatic carbocycles. The van der Waals surface area contributed by atoms with Crippen LogP contribution in [0.25, 0.3) is 58.8 Å². The highest BCUT2D eigenvalue weighted by molar-refractivity contribution is 9.10. The Morgan fingerprint density at radius 1 is 0.500 bits per heavy atom. The van der Waals surface area contributed by atoms with E-state index in [9.17, 15) is 0 Å². The Morgan fingerprint density at radius 2 is 1.20 bits per heavy atom. The molecule has 0 radical (unpaired) electrons. The van der Waals surface area contributed by atoms with Gasteiger partial charge in [0.2, 0.25) is 0 Å². The van der Waals surface area contributed by atoms with Gasteiger partial charge in [0.25, 0.3) is 0 Å². The molecular weight excluding hydrogens is 644 g/mol. The molecule has 4 heteroatoms. The lowest BCUT2D eigenvalue weighted by Crippen LogP contribution is -2.10. The molecule has 0 bridgehead atoms. The molecule has 46 heavy (non-hydrogen) atoms. The lowest BCUT2D eigenvalue weighted by atomic mass is 10.0. The molecule has 2 nitrogen and oxygen atoms in total. The number of thiophene rings is 1. The molecule has 0 unspecified atom stereocenters. The summed E-state index contributed by atoms with van der Waals surface area (Å²) in [5.41, 5.74) is 9.22. The van der Waals surface area contributed by atoms with Gasteiger partial charge in [0.15, 0.2) is 0 Å². The second kappa shape index (κ2) is 11.0. The van der Waals surface area contributed by atoms with Gasteiger partial charge < -0.3 is 9.47 Å². The van der Waals surface area contributed by atoms with Gasteiger partial charge in [-0.1, -0.05) is 113 Å². The van der Waals surface area contributed by atoms with E-state index in [4.69, 9.17) is 0 Å². The van der Waals surface area contributed by atoms with Gasteiger partial charge in [-0.15, -0.1) is 11.3 Å². The molecule has 0 saturated carbocycles. The average Bonchev–Trinajstić information content (AvgIpc) is 3.65. The second-order valence-corrected chi connectivity index (χ2v) is 13.4. The van der Waals surface area contributed by atoms with Crippen LogP contribution in [0.4, 0.5) is 17.1 Å². The van der Waals surface area contributed by atoms with Gasteiger partial charge in [0.1, 0.15) is 0 Å². The first-order valence-electron chi connectivity index (χ1n) is 15.4. The Balaban J connectivity index is 1.32. The number of anilines is 3. The number of benzene rings is 7. The van der Waals surface area contributed by atoms with E-state index in [1.54, 1.807) is 0 Å². The highest BCUT2D eigenvalue weighted by Gasteiger charge is 2.20. The van der Waals surface area contributed by atoms with Crippen molar-refractivity contribution in [3.8, 4) is 16.8 Å². The van der Waals surface area contributed by atoms with Gasteiger partial charge in [-0.05, 0) is 77.9 Å². The molecule has 0 N–H and O–H groups in total. The minimum Gasteiger partial charge on any atom is -0.310 e. The van der Waals surface area contributed by atoms with Gasteiger partial charge in [-0.25, -0.2) is 0 Å². The monoisotopic (exact) mass is 670 g/mol. The molecule has 0 atom stereocenters. The Morgan fingerprint density at radius 3 is 2.04 bits per heavy atom. The van der Waals surface area contributed by atoms with E-state index in [0.29, 0.717) is 0 Å². The van der Waals surface area contributed by atoms with E-state index >= 15 is 0 Å². The molecule has 218 valence electrons. The van der Waals surface area contributed by atoms with Crippen molar-refractivity contribution in [2.75, 3.05) is 4.90 Å². The number of hydrogen-bond donors (Lipinski definition) is 0. The SMILES string of the molecule is Brc1ccccc1-c1cccc(N(c2ccccc2)c2ccc3c4c5sc6ccccc6c5ccc4n(-c4ccccc4)c3c2)c1. The van der Waals surface area contributed by atoms with Crippen LogP contribution >= 0.6 is 27.3 Å². The highest BCUT2D eigenvalue weighted by Crippen LogP contribution is 2.45. The van der Waals surface area contributed by atoms with Crippen LogP contribution < -0.4 is 4.90 Å². The average molecular weight is 672 g/mol. The highest BCUT2D eigenvalue weighted by atomic mass is 79.9. The fourth-order valence-electron chi connectivity index (χ4n) is 6.80. The van der Waals surface area contributed by atoms with Gasteiger partial charge in [-0.2, -0.15) is 0 Å². The number of nitrogens with zero attached hydrogens (tertiary/aromatic N) is 2. The van der Waals surface area contributed by atoms with E-state index in [0.717, 1.165) is 32.8 Å². The molecule has 9 aromatic rings. The van der Waals surface area contributed by atoms with Gasteiger partial charge in [-0.3, -0.25) is 0 Å². The third-order valence-corrected chi connectivity index (χ3v) is 10.7. The Bertz CT molecular complexity index is 2550. The first-order chi connectivity index (χ1) is 22.7. The topological polar surface area (TPSA) is 8.17 Å². The minimum absolute atomic E-state index is 1.08. The maximum Gasteiger partial charge on any atom is 0.0562 e. The number of halogens is 1. The van der Waals surface area contributed by atoms with Crippen LogP contribution in [0.15, 0.2) is 168 Å². The first-order valence-corrected chi connectivity index (χ1v) is 17.0. The Hall–Kier alpha value is -5.16. The van der Waals surface area contributed by atoms with E-state index in [2.05, 4.69) is 189 Å². The first kappa shape index (κ1) is 27.2. The Kier molecular flexibility index (Phi) is 6.51. The summed E-state index contributed by atoms with van der Waals surface area (Å²) in [6.07, 6.45) is 0. The third-order valence-electron chi connectivity index (χ3n) is 8.83. The van der Waals surface area contributed by atoms with Crippen LogP contribution in [0.2, 0.25) is 0 Å². The predicted octanol–water partition coefficient (Wildman–Crippen LogP) is 13.1. The smallest absolute Gasteiger partial charge is 0.0562 e. The summed E-state index contributed by atoms with van der Waals surface area (Å²) in [5, 5.41) is 5.21. The number of rotatable bonds is 5. The van der Waals surface area contributed by atoms with Crippen molar-refractivity contribution in [1.29, 1.82) is 0 Å². The van der Waals surface area contributed by atoms with Crippen LogP contribution in [-0.2, 0) is 0 Å². The summed E-state index contributed by atoms with van der Waals surface area (Å²) in [7, 11) is 0. The standard InChI is InChI=1S/C42H27BrN2S/c43-37-20-9-7-18-33(37)28-12-11-17-31(26-28)44(29-13-3-1-4-14-29)32-22-23-36-39(27-32)45(30-15-5-2-6-16-30)38-25-24-35-34-19-8-10-21-40(34)46-42(35)41(36)38/h1-27H. The molecule has 0 aliphatic carbocycles. The lowest BCUT2D eigenvalue weighted by Gasteiger charge is -2.26. The zero-order chi connectivity index (χ0) is 30.6. The van der Waals surface area contributed by atoms with Crippen LogP contribution in [-0.4, -0.2) is 4.57 Å². The zero-order valence-corrected chi connectivity index (χ0v) is 27.2. The second-order valence-electron chi connectivity index (χ2n) is 11.5. The van der Waals surface area contributed by atoms with Crippen molar-refractivity contribution in [3.05, 3.63) is 168 Å². The van der Waals surface area contributed by atoms with E-state index < -0.39 is 0 Å². The number of hydrogen-bond acceptors (Lipinski definition) is 2. The molecule has 0 amide bonds. The molecule has 0 spiro atoms. The molecule has 0 saturated heterocycles. The number of aromatic nitrogens is 1. The molecule has 0 fully saturated rings. The zero-order valence-electron chi connectivity index (χ0n) is 24.8. The number of fused-ring (bicyclic) bond motifs is 7. The maximum absolute atomic E-state index is 3.77. The summed E-state index contributed by atoms with van der Waals surface area (Å²) in [4.78, 5) is 2.36. The summed E-state index contributed by atoms with van der Waals surface area (Å²) >= 11 is 5.66. The maximum atomic E-state index is 3.77. The molecular formula is C42H27BrN2S. The Labute approximate surface area is 279 Å². The fourth-order valence-corrected chi connectivity index (χ4v) is 8.57. The van der Waals surface area contributed by atoms with Crippen molar-refractivity contribution < 1.29 is 0 Å². The van der Waals surface area contributed by atoms with Crippen molar-refractivity contribution in [2.45, 2.75) is 0 Å². The van der Waals surface area contributed by atoms with Crippen LogP contribution in [0.5, 0.6) is 0 Å². The quantitative estimate of drug-likeness (QED) is 0.177. The lowest BCUT2D eigenvalue weighted by molar-refractivity contribution is 1.18. The van der Waals surface area contributed by atoms with Gasteiger partial charge in [0.05, 0.1) is 11.0 Å². The molecule has 2 aromatic heterocycles. The van der Waals surface area contributed by atoms with Gasteiger partial charge >= 0.3 is 0 Å². The summed E-state index contributed by atoms with van der Waals surface area (Å²) in [6.45, 7) is 0. The van der Waals surface area contributed by atoms with Crippen molar-refractivity contribution in [2.24, 2.45) is 0 Å². The molecule has 0 aliphatic heterocycles. The van der Waals surface area contributed by atoms with Crippen LogP contribution in [0, 0.1) is 0 Å². The molecule has 2 heterocycles. The van der Waals surface area contributed by atoms with Crippen molar-refractivity contribution in [1.82, 2.24) is 4.57 Å². The largest absolute Gasteiger partial charge is 0.310 e. The van der Waals surface area contributed by atoms with Crippen molar-refractivity contribution >= 4 is 86.3 Å². The van der Waals surface area contributed by atoms with E-state index in [-0.39, 0.29) is 0 Å². The third kappa shape index (κ3) is 4.37. The normalized spacial score (nSPS) is 11.6. The van der Waals surface area contributed by atoms with Crippen molar-refractivity contribution in [3.63, 3.8) is 0 Å². The summed E-state index contributed by atoms with van der Waals surface area (Å²) in [5.74, 6) is 0. The fraction of sp³-hybridized carbons (Fsp3) is 0. The van der Waals surface area contributed by atoms with E-state index in [1.165, 1.54) is 47.5 Å². The molecule has 9 rings (SSSR count). The van der Waals surface area contributed by atoms with E-state index in [1.807, 2.05) is 11.3 Å². The van der Waals surface area contributed by atoms with Gasteiger partial charge in [0, 0.05) is 58.2 Å². The number of para-hydroxylation sites is 2. The summed E-state index contributed by atoms with van der Waals surface area (Å²) in [6, 6.07) is 59.0. The molecule has 0 aliphatic rings. The van der Waals surface area contributed by atoms with Crippen LogP contribution in [0.1, 0.15) is 0 Å². The van der Waals surface area contributed by atoms with Crippen LogP contribution in [0.3, 0.4) is 0 Å². The summed E-state index contributed by atoms with van der Waals surface area (Å²) < 4.78 is 6.17.